The fourth-order valence-corrected chi connectivity index (χ4v) is 1.26. The molecule has 0 amide bonds. The van der Waals surface area contributed by atoms with E-state index in [2.05, 4.69) is 4.74 Å². The molecule has 0 saturated carbocycles. The number of nitrogens with zero attached hydrogens (tertiary/aromatic N) is 1. The van der Waals surface area contributed by atoms with Crippen molar-refractivity contribution in [3.05, 3.63) is 35.4 Å². The summed E-state index contributed by atoms with van der Waals surface area (Å²) in [6, 6.07) is 8.89. The second-order valence-electron chi connectivity index (χ2n) is 2.90. The minimum Gasteiger partial charge on any atom is -0.430 e. The van der Waals surface area contributed by atoms with Crippen LogP contribution in [0.4, 0.5) is 4.79 Å². The quantitative estimate of drug-likeness (QED) is 0.631. The first kappa shape index (κ1) is 8.57. The first-order valence-corrected chi connectivity index (χ1v) is 4.13. The third kappa shape index (κ3) is 1.52. The van der Waals surface area contributed by atoms with E-state index in [4.69, 9.17) is 10.00 Å². The van der Waals surface area contributed by atoms with E-state index < -0.39 is 6.16 Å². The zero-order valence-corrected chi connectivity index (χ0v) is 7.27. The summed E-state index contributed by atoms with van der Waals surface area (Å²) in [5.41, 5.74) is 1.42. The van der Waals surface area contributed by atoms with E-state index in [0.29, 0.717) is 5.56 Å². The van der Waals surface area contributed by atoms with Gasteiger partial charge in [0.2, 0.25) is 0 Å². The number of carbonyl (C=O) groups is 1. The Morgan fingerprint density at radius 2 is 2.07 bits per heavy atom. The SMILES string of the molecule is N#Cc1ccc([C@@H]2COC(=O)O2)cc1. The van der Waals surface area contributed by atoms with E-state index in [0.717, 1.165) is 5.56 Å². The van der Waals surface area contributed by atoms with Crippen molar-refractivity contribution < 1.29 is 14.3 Å². The Hall–Kier alpha value is -2.02. The Bertz CT molecular complexity index is 391. The van der Waals surface area contributed by atoms with E-state index in [-0.39, 0.29) is 12.7 Å². The molecule has 0 N–H and O–H groups in total. The molecule has 1 aromatic carbocycles. The summed E-state index contributed by atoms with van der Waals surface area (Å²) in [6.45, 7) is 0.241. The van der Waals surface area contributed by atoms with Gasteiger partial charge in [-0.05, 0) is 17.7 Å². The highest BCUT2D eigenvalue weighted by Crippen LogP contribution is 2.23. The van der Waals surface area contributed by atoms with Crippen molar-refractivity contribution >= 4 is 6.16 Å². The van der Waals surface area contributed by atoms with Gasteiger partial charge in [0.1, 0.15) is 6.61 Å². The Morgan fingerprint density at radius 1 is 1.36 bits per heavy atom. The van der Waals surface area contributed by atoms with Crippen LogP contribution in [0.3, 0.4) is 0 Å². The van der Waals surface area contributed by atoms with E-state index in [9.17, 15) is 4.79 Å². The maximum absolute atomic E-state index is 10.7. The van der Waals surface area contributed by atoms with E-state index in [1.807, 2.05) is 6.07 Å². The number of carbonyl (C=O) groups excluding carboxylic acids is 1. The monoisotopic (exact) mass is 189 g/mol. The molecule has 1 atom stereocenters. The maximum Gasteiger partial charge on any atom is 0.509 e. The zero-order chi connectivity index (χ0) is 9.97. The van der Waals surface area contributed by atoms with Gasteiger partial charge < -0.3 is 9.47 Å². The molecule has 0 unspecified atom stereocenters. The van der Waals surface area contributed by atoms with Crippen molar-refractivity contribution in [3.8, 4) is 6.07 Å². The summed E-state index contributed by atoms with van der Waals surface area (Å²) in [5.74, 6) is 0. The van der Waals surface area contributed by atoms with Gasteiger partial charge in [0.15, 0.2) is 6.10 Å². The summed E-state index contributed by atoms with van der Waals surface area (Å²) in [4.78, 5) is 10.7. The lowest BCUT2D eigenvalue weighted by Crippen LogP contribution is -1.99. The summed E-state index contributed by atoms with van der Waals surface area (Å²) in [5, 5.41) is 8.58. The van der Waals surface area contributed by atoms with Crippen molar-refractivity contribution in [2.24, 2.45) is 0 Å². The average molecular weight is 189 g/mol. The molecule has 2 rings (SSSR count). The number of ether oxygens (including phenoxy) is 2. The molecule has 14 heavy (non-hydrogen) atoms. The van der Waals surface area contributed by atoms with Crippen LogP contribution < -0.4 is 0 Å². The molecule has 1 fully saturated rings. The molecule has 0 bridgehead atoms. The molecule has 0 aromatic heterocycles. The van der Waals surface area contributed by atoms with Crippen molar-refractivity contribution in [2.75, 3.05) is 6.61 Å². The standard InChI is InChI=1S/C10H7NO3/c11-5-7-1-3-8(4-2-7)9-6-13-10(12)14-9/h1-4,9H,6H2/t9-/m0/s1. The van der Waals surface area contributed by atoms with E-state index in [1.54, 1.807) is 24.3 Å². The normalized spacial score (nSPS) is 19.6. The molecule has 1 saturated heterocycles. The predicted octanol–water partition coefficient (Wildman–Crippen LogP) is 1.77. The summed E-state index contributed by atoms with van der Waals surface area (Å²) in [6.07, 6.45) is -0.977. The van der Waals surface area contributed by atoms with Crippen LogP contribution >= 0.6 is 0 Å². The van der Waals surface area contributed by atoms with Gasteiger partial charge in [-0.1, -0.05) is 12.1 Å². The third-order valence-electron chi connectivity index (χ3n) is 2.00. The Labute approximate surface area is 80.7 Å². The zero-order valence-electron chi connectivity index (χ0n) is 7.27. The van der Waals surface area contributed by atoms with Crippen molar-refractivity contribution in [3.63, 3.8) is 0 Å². The van der Waals surface area contributed by atoms with Crippen LogP contribution in [0, 0.1) is 11.3 Å². The molecule has 1 heterocycles. The molecular weight excluding hydrogens is 182 g/mol. The van der Waals surface area contributed by atoms with Gasteiger partial charge in [-0.3, -0.25) is 0 Å². The Kier molecular flexibility index (Phi) is 2.07. The van der Waals surface area contributed by atoms with E-state index in [1.165, 1.54) is 0 Å². The van der Waals surface area contributed by atoms with Gasteiger partial charge in [0.05, 0.1) is 11.6 Å². The lowest BCUT2D eigenvalue weighted by molar-refractivity contribution is 0.118. The van der Waals surface area contributed by atoms with Gasteiger partial charge in [-0.25, -0.2) is 4.79 Å². The summed E-state index contributed by atoms with van der Waals surface area (Å²) >= 11 is 0. The van der Waals surface area contributed by atoms with Crippen LogP contribution in [0.1, 0.15) is 17.2 Å². The largest absolute Gasteiger partial charge is 0.509 e. The van der Waals surface area contributed by atoms with Gasteiger partial charge in [0.25, 0.3) is 0 Å². The lowest BCUT2D eigenvalue weighted by Gasteiger charge is -2.05. The van der Waals surface area contributed by atoms with Crippen LogP contribution in [0.25, 0.3) is 0 Å². The van der Waals surface area contributed by atoms with Gasteiger partial charge in [0, 0.05) is 0 Å². The van der Waals surface area contributed by atoms with Gasteiger partial charge in [-0.2, -0.15) is 5.26 Å². The Morgan fingerprint density at radius 3 is 2.57 bits per heavy atom. The fraction of sp³-hybridized carbons (Fsp3) is 0.200. The fourth-order valence-electron chi connectivity index (χ4n) is 1.26. The first-order valence-electron chi connectivity index (χ1n) is 4.13. The minimum absolute atomic E-state index is 0.241. The number of hydrogen-bond donors (Lipinski definition) is 0. The summed E-state index contributed by atoms with van der Waals surface area (Å²) < 4.78 is 9.53. The molecular formula is C10H7NO3. The topological polar surface area (TPSA) is 59.3 Å². The van der Waals surface area contributed by atoms with Gasteiger partial charge >= 0.3 is 6.16 Å². The Balaban J connectivity index is 2.18. The van der Waals surface area contributed by atoms with Crippen molar-refractivity contribution in [1.29, 1.82) is 5.26 Å². The minimum atomic E-state index is -0.639. The number of benzene rings is 1. The molecule has 70 valence electrons. The molecule has 1 aromatic rings. The van der Waals surface area contributed by atoms with Crippen LogP contribution in [-0.4, -0.2) is 12.8 Å². The molecule has 0 radical (unpaired) electrons. The number of hydrogen-bond acceptors (Lipinski definition) is 4. The molecule has 1 aliphatic rings. The van der Waals surface area contributed by atoms with E-state index >= 15 is 0 Å². The number of rotatable bonds is 1. The highest BCUT2D eigenvalue weighted by atomic mass is 16.8. The van der Waals surface area contributed by atoms with Crippen molar-refractivity contribution in [2.45, 2.75) is 6.10 Å². The molecule has 0 spiro atoms. The summed E-state index contributed by atoms with van der Waals surface area (Å²) in [7, 11) is 0. The highest BCUT2D eigenvalue weighted by Gasteiger charge is 2.26. The third-order valence-corrected chi connectivity index (χ3v) is 2.00. The smallest absolute Gasteiger partial charge is 0.430 e. The molecule has 4 nitrogen and oxygen atoms in total. The molecule has 1 aliphatic heterocycles. The average Bonchev–Trinajstić information content (AvgIpc) is 2.65. The second kappa shape index (κ2) is 3.38. The predicted molar refractivity (Wildman–Crippen MR) is 46.3 cm³/mol. The first-order chi connectivity index (χ1) is 6.79. The van der Waals surface area contributed by atoms with Crippen LogP contribution in [0.15, 0.2) is 24.3 Å². The molecule has 0 aliphatic carbocycles. The lowest BCUT2D eigenvalue weighted by atomic mass is 10.1. The van der Waals surface area contributed by atoms with Crippen LogP contribution in [-0.2, 0) is 9.47 Å². The number of cyclic esters (lactones) is 2. The second-order valence-corrected chi connectivity index (χ2v) is 2.90. The highest BCUT2D eigenvalue weighted by molar-refractivity contribution is 5.62. The molecule has 4 heteroatoms. The van der Waals surface area contributed by atoms with Crippen molar-refractivity contribution in [1.82, 2.24) is 0 Å². The number of nitriles is 1. The van der Waals surface area contributed by atoms with Crippen LogP contribution in [0.5, 0.6) is 0 Å². The van der Waals surface area contributed by atoms with Crippen LogP contribution in [0.2, 0.25) is 0 Å². The van der Waals surface area contributed by atoms with Gasteiger partial charge in [-0.15, -0.1) is 0 Å². The maximum atomic E-state index is 10.7.